The fraction of sp³-hybridized carbons (Fsp3) is 0.444. The van der Waals surface area contributed by atoms with Crippen molar-refractivity contribution in [3.63, 3.8) is 0 Å². The zero-order valence-corrected chi connectivity index (χ0v) is 14.1. The highest BCUT2D eigenvalue weighted by Crippen LogP contribution is 2.39. The second-order valence-corrected chi connectivity index (χ2v) is 7.06. The van der Waals surface area contributed by atoms with E-state index in [0.29, 0.717) is 30.6 Å². The van der Waals surface area contributed by atoms with Crippen LogP contribution in [0.15, 0.2) is 35.9 Å². The molecule has 0 amide bonds. The summed E-state index contributed by atoms with van der Waals surface area (Å²) in [5.74, 6) is -1.39. The number of thiol groups is 1. The Hall–Kier alpha value is -1.66. The first-order valence-electron chi connectivity index (χ1n) is 8.11. The lowest BCUT2D eigenvalue weighted by atomic mass is 10.0. The number of hydrogen-bond acceptors (Lipinski definition) is 4. The zero-order valence-electron chi connectivity index (χ0n) is 13.2. The molecule has 1 aromatic rings. The number of carbonyl (C=O) groups is 2. The Morgan fingerprint density at radius 3 is 2.62 bits per heavy atom. The number of carboxylic acid groups (broad SMARTS) is 1. The highest BCUT2D eigenvalue weighted by molar-refractivity contribution is 7.81. The molecular formula is C18H20FNO3S. The van der Waals surface area contributed by atoms with Crippen LogP contribution in [0.4, 0.5) is 4.39 Å². The molecule has 4 nitrogen and oxygen atoms in total. The average Bonchev–Trinajstić information content (AvgIpc) is 3.36. The van der Waals surface area contributed by atoms with Gasteiger partial charge in [-0.15, -0.1) is 0 Å². The van der Waals surface area contributed by atoms with Gasteiger partial charge < -0.3 is 5.11 Å². The molecule has 128 valence electrons. The van der Waals surface area contributed by atoms with Crippen molar-refractivity contribution in [3.05, 3.63) is 47.3 Å². The normalized spacial score (nSPS) is 24.8. The molecule has 1 aliphatic heterocycles. The fourth-order valence-corrected chi connectivity index (χ4v) is 3.50. The lowest BCUT2D eigenvalue weighted by Crippen LogP contribution is -2.42. The minimum Gasteiger partial charge on any atom is -0.478 e. The number of nitrogens with zero attached hydrogens (tertiary/aromatic N) is 1. The minimum atomic E-state index is -1.03. The van der Waals surface area contributed by atoms with Crippen molar-refractivity contribution < 1.29 is 19.1 Å². The van der Waals surface area contributed by atoms with Gasteiger partial charge in [0.25, 0.3) is 0 Å². The Morgan fingerprint density at radius 2 is 2.00 bits per heavy atom. The van der Waals surface area contributed by atoms with Crippen molar-refractivity contribution >= 4 is 24.4 Å². The molecule has 0 aromatic heterocycles. The van der Waals surface area contributed by atoms with E-state index in [-0.39, 0.29) is 17.0 Å². The molecule has 2 fully saturated rings. The smallest absolute Gasteiger partial charge is 0.328 e. The quantitative estimate of drug-likeness (QED) is 0.630. The van der Waals surface area contributed by atoms with Crippen LogP contribution >= 0.6 is 12.6 Å². The van der Waals surface area contributed by atoms with Crippen LogP contribution in [0, 0.1) is 11.7 Å². The SMILES string of the molecule is O=C(O)/C=C1/CN(C(C(=O)C2CC2)[13c]2[13cH][13cH][13cH][13cH][13c]2F)CCC1S. The van der Waals surface area contributed by atoms with Crippen LogP contribution < -0.4 is 0 Å². The number of likely N-dealkylation sites (tertiary alicyclic amines) is 1. The van der Waals surface area contributed by atoms with Crippen LogP contribution in [0.5, 0.6) is 0 Å². The van der Waals surface area contributed by atoms with Gasteiger partial charge in [-0.3, -0.25) is 9.69 Å². The first kappa shape index (κ1) is 17.2. The highest BCUT2D eigenvalue weighted by atomic mass is 32.1. The third-order valence-electron chi connectivity index (χ3n) is 4.63. The summed E-state index contributed by atoms with van der Waals surface area (Å²) >= 11 is 4.44. The maximum atomic E-state index is 14.3. The van der Waals surface area contributed by atoms with Gasteiger partial charge in [-0.2, -0.15) is 12.6 Å². The molecule has 1 heterocycles. The number of benzene rings is 1. The molecule has 1 saturated heterocycles. The van der Waals surface area contributed by atoms with Crippen molar-refractivity contribution in [1.82, 2.24) is 4.90 Å². The third kappa shape index (κ3) is 3.70. The third-order valence-corrected chi connectivity index (χ3v) is 5.22. The van der Waals surface area contributed by atoms with Crippen LogP contribution in [0.1, 0.15) is 30.9 Å². The van der Waals surface area contributed by atoms with E-state index in [1.54, 1.807) is 18.2 Å². The van der Waals surface area contributed by atoms with Crippen LogP contribution in [0.2, 0.25) is 0 Å². The molecule has 1 aromatic carbocycles. The predicted molar refractivity (Wildman–Crippen MR) is 91.6 cm³/mol. The Morgan fingerprint density at radius 1 is 1.29 bits per heavy atom. The number of hydrogen-bond donors (Lipinski definition) is 2. The molecular weight excluding hydrogens is 335 g/mol. The second kappa shape index (κ2) is 7.07. The van der Waals surface area contributed by atoms with E-state index in [1.165, 1.54) is 6.07 Å². The second-order valence-electron chi connectivity index (χ2n) is 6.43. The van der Waals surface area contributed by atoms with Gasteiger partial charge in [-0.25, -0.2) is 9.18 Å². The van der Waals surface area contributed by atoms with Gasteiger partial charge in [0.2, 0.25) is 0 Å². The Balaban J connectivity index is 1.92. The number of Topliss-reactive ketones (excluding diaryl/α,β-unsaturated/α-hetero) is 1. The van der Waals surface area contributed by atoms with E-state index in [2.05, 4.69) is 12.6 Å². The summed E-state index contributed by atoms with van der Waals surface area (Å²) in [5.41, 5.74) is 1.03. The number of halogens is 1. The maximum Gasteiger partial charge on any atom is 0.328 e. The molecule has 6 heteroatoms. The predicted octanol–water partition coefficient (Wildman–Crippen LogP) is 2.86. The maximum absolute atomic E-state index is 14.3. The standard InChI is InChI=1S/C18H20FNO3S/c19-14-4-2-1-3-13(14)17(18(23)11-5-6-11)20-8-7-15(24)12(10-20)9-16(21)22/h1-4,9,11,15,17,24H,5-8,10H2,(H,21,22)/b12-9-/i1+1,2+1,3+1,4+1,13+1,14+1. The van der Waals surface area contributed by atoms with Gasteiger partial charge in [-0.1, -0.05) is 18.2 Å². The van der Waals surface area contributed by atoms with E-state index in [9.17, 15) is 14.0 Å². The first-order chi connectivity index (χ1) is 11.5. The number of carboxylic acids is 1. The molecule has 0 radical (unpaired) electrons. The summed E-state index contributed by atoms with van der Waals surface area (Å²) in [6, 6.07) is 5.69. The summed E-state index contributed by atoms with van der Waals surface area (Å²) in [6.07, 6.45) is 3.49. The Labute approximate surface area is 145 Å². The molecule has 0 spiro atoms. The van der Waals surface area contributed by atoms with Crippen LogP contribution in [-0.2, 0) is 9.59 Å². The summed E-state index contributed by atoms with van der Waals surface area (Å²) in [6.45, 7) is 0.903. The molecule has 1 aliphatic carbocycles. The highest BCUT2D eigenvalue weighted by Gasteiger charge is 2.40. The Bertz CT molecular complexity index is 687. The Kier molecular flexibility index (Phi) is 5.06. The number of aliphatic carboxylic acids is 1. The molecule has 24 heavy (non-hydrogen) atoms. The average molecular weight is 355 g/mol. The number of ketones is 1. The van der Waals surface area contributed by atoms with Gasteiger partial charge in [0.15, 0.2) is 5.78 Å². The fourth-order valence-electron chi connectivity index (χ4n) is 3.23. The summed E-state index contributed by atoms with van der Waals surface area (Å²) in [7, 11) is 0. The van der Waals surface area contributed by atoms with Crippen LogP contribution in [-0.4, -0.2) is 40.1 Å². The van der Waals surface area contributed by atoms with E-state index in [1.807, 2.05) is 4.90 Å². The molecule has 2 unspecified atom stereocenters. The molecule has 1 saturated carbocycles. The molecule has 2 aliphatic rings. The summed E-state index contributed by atoms with van der Waals surface area (Å²) < 4.78 is 14.3. The monoisotopic (exact) mass is 355 g/mol. The van der Waals surface area contributed by atoms with Crippen molar-refractivity contribution in [2.75, 3.05) is 13.1 Å². The first-order valence-corrected chi connectivity index (χ1v) is 8.62. The van der Waals surface area contributed by atoms with Crippen molar-refractivity contribution in [2.45, 2.75) is 30.6 Å². The van der Waals surface area contributed by atoms with E-state index >= 15 is 0 Å². The zero-order chi connectivity index (χ0) is 17.3. The molecule has 3 rings (SSSR count). The van der Waals surface area contributed by atoms with Gasteiger partial charge in [0.1, 0.15) is 5.82 Å². The van der Waals surface area contributed by atoms with E-state index < -0.39 is 17.8 Å². The minimum absolute atomic E-state index is 0.00441. The van der Waals surface area contributed by atoms with Gasteiger partial charge in [0, 0.05) is 35.9 Å². The van der Waals surface area contributed by atoms with E-state index in [4.69, 9.17) is 5.11 Å². The van der Waals surface area contributed by atoms with Gasteiger partial charge in [0.05, 0.1) is 6.04 Å². The lowest BCUT2D eigenvalue weighted by Gasteiger charge is -2.37. The number of rotatable bonds is 5. The molecule has 2 atom stereocenters. The summed E-state index contributed by atoms with van der Waals surface area (Å²) in [4.78, 5) is 25.7. The van der Waals surface area contributed by atoms with Crippen molar-refractivity contribution in [1.29, 1.82) is 0 Å². The van der Waals surface area contributed by atoms with Crippen molar-refractivity contribution in [3.8, 4) is 0 Å². The largest absolute Gasteiger partial charge is 0.478 e. The lowest BCUT2D eigenvalue weighted by molar-refractivity contribution is -0.131. The van der Waals surface area contributed by atoms with Gasteiger partial charge >= 0.3 is 5.97 Å². The van der Waals surface area contributed by atoms with Crippen LogP contribution in [0.3, 0.4) is 0 Å². The van der Waals surface area contributed by atoms with Gasteiger partial charge in [-0.05, 0) is 30.9 Å². The molecule has 0 bridgehead atoms. The molecule has 1 N–H and O–H groups in total. The van der Waals surface area contributed by atoms with Crippen molar-refractivity contribution in [2.24, 2.45) is 5.92 Å². The topological polar surface area (TPSA) is 57.6 Å². The summed E-state index contributed by atoms with van der Waals surface area (Å²) in [5, 5.41) is 8.88. The van der Waals surface area contributed by atoms with Crippen LogP contribution in [0.25, 0.3) is 0 Å². The number of carbonyl (C=O) groups excluding carboxylic acids is 1. The van der Waals surface area contributed by atoms with E-state index in [0.717, 1.165) is 18.9 Å². The number of piperidine rings is 1.